The minimum atomic E-state index is -0.916. The van der Waals surface area contributed by atoms with E-state index >= 15 is 0 Å². The molecule has 0 spiro atoms. The molecule has 0 radical (unpaired) electrons. The highest BCUT2D eigenvalue weighted by molar-refractivity contribution is 8.26. The second-order valence-electron chi connectivity index (χ2n) is 7.00. The van der Waals surface area contributed by atoms with Crippen LogP contribution in [-0.2, 0) is 14.4 Å². The molecule has 0 saturated carbocycles. The summed E-state index contributed by atoms with van der Waals surface area (Å²) in [6, 6.07) is 17.1. The predicted octanol–water partition coefficient (Wildman–Crippen LogP) is 3.92. The van der Waals surface area contributed by atoms with Gasteiger partial charge >= 0.3 is 5.97 Å². The average molecular weight is 455 g/mol. The molecule has 160 valence electrons. The van der Waals surface area contributed by atoms with Crippen LogP contribution in [0.5, 0.6) is 0 Å². The van der Waals surface area contributed by atoms with Gasteiger partial charge in [0.2, 0.25) is 5.91 Å². The highest BCUT2D eigenvalue weighted by Crippen LogP contribution is 2.34. The first-order valence-electron chi connectivity index (χ1n) is 9.79. The van der Waals surface area contributed by atoms with Gasteiger partial charge in [0.1, 0.15) is 10.4 Å². The van der Waals surface area contributed by atoms with Gasteiger partial charge in [0, 0.05) is 13.0 Å². The molecule has 2 N–H and O–H groups in total. The summed E-state index contributed by atoms with van der Waals surface area (Å²) in [5, 5.41) is 11.3. The van der Waals surface area contributed by atoms with Gasteiger partial charge in [-0.1, -0.05) is 78.6 Å². The standard InChI is InChI=1S/C23H22N2O4S2/c1-15(21(28)24-13-5-8-20(26)27)25-22(29)19(31-23(25)30)14-16-9-11-18(12-10-16)17-6-3-2-4-7-17/h2-4,6-7,9-12,14-15H,5,8,13H2,1H3,(H,24,28)(H,26,27)/b19-14-. The zero-order valence-electron chi connectivity index (χ0n) is 16.9. The van der Waals surface area contributed by atoms with Gasteiger partial charge in [0.25, 0.3) is 5.91 Å². The fourth-order valence-electron chi connectivity index (χ4n) is 3.08. The second-order valence-corrected chi connectivity index (χ2v) is 8.68. The van der Waals surface area contributed by atoms with Crippen molar-refractivity contribution < 1.29 is 19.5 Å². The number of nitrogens with one attached hydrogen (secondary N) is 1. The lowest BCUT2D eigenvalue weighted by atomic mass is 10.0. The lowest BCUT2D eigenvalue weighted by molar-refractivity contribution is -0.137. The van der Waals surface area contributed by atoms with Crippen molar-refractivity contribution in [2.24, 2.45) is 0 Å². The molecule has 1 unspecified atom stereocenters. The molecule has 1 saturated heterocycles. The smallest absolute Gasteiger partial charge is 0.303 e. The molecule has 2 aromatic carbocycles. The monoisotopic (exact) mass is 454 g/mol. The van der Waals surface area contributed by atoms with Gasteiger partial charge in [-0.3, -0.25) is 19.3 Å². The van der Waals surface area contributed by atoms with Crippen LogP contribution in [0.25, 0.3) is 17.2 Å². The number of carboxylic acid groups (broad SMARTS) is 1. The van der Waals surface area contributed by atoms with E-state index in [1.165, 1.54) is 16.7 Å². The summed E-state index contributed by atoms with van der Waals surface area (Å²) in [5.74, 6) is -1.59. The largest absolute Gasteiger partial charge is 0.481 e. The van der Waals surface area contributed by atoms with Crippen molar-refractivity contribution in [3.05, 3.63) is 65.1 Å². The lowest BCUT2D eigenvalue weighted by Gasteiger charge is -2.22. The topological polar surface area (TPSA) is 86.7 Å². The molecule has 1 fully saturated rings. The van der Waals surface area contributed by atoms with Crippen molar-refractivity contribution in [3.63, 3.8) is 0 Å². The molecular weight excluding hydrogens is 432 g/mol. The molecule has 0 aromatic heterocycles. The van der Waals surface area contributed by atoms with Crippen LogP contribution in [0.4, 0.5) is 0 Å². The molecule has 31 heavy (non-hydrogen) atoms. The van der Waals surface area contributed by atoms with Gasteiger partial charge in [-0.05, 0) is 36.1 Å². The van der Waals surface area contributed by atoms with Gasteiger partial charge in [0.15, 0.2) is 0 Å². The number of amides is 2. The first kappa shape index (κ1) is 22.7. The second kappa shape index (κ2) is 10.4. The Kier molecular flexibility index (Phi) is 7.59. The van der Waals surface area contributed by atoms with Crippen molar-refractivity contribution >= 4 is 52.2 Å². The Bertz CT molecular complexity index is 1020. The molecule has 2 aromatic rings. The molecule has 1 aliphatic rings. The predicted molar refractivity (Wildman–Crippen MR) is 126 cm³/mol. The van der Waals surface area contributed by atoms with Gasteiger partial charge in [0.05, 0.1) is 4.91 Å². The first-order chi connectivity index (χ1) is 14.9. The number of thiocarbonyl (C=S) groups is 1. The van der Waals surface area contributed by atoms with E-state index in [0.717, 1.165) is 16.7 Å². The third-order valence-corrected chi connectivity index (χ3v) is 6.10. The molecule has 8 heteroatoms. The number of carbonyl (C=O) groups is 3. The number of carbonyl (C=O) groups excluding carboxylic acids is 2. The number of hydrogen-bond donors (Lipinski definition) is 2. The number of carboxylic acids is 1. The number of benzene rings is 2. The lowest BCUT2D eigenvalue weighted by Crippen LogP contribution is -2.47. The molecule has 6 nitrogen and oxygen atoms in total. The number of nitrogens with zero attached hydrogens (tertiary/aromatic N) is 1. The minimum absolute atomic E-state index is 0.0263. The van der Waals surface area contributed by atoms with E-state index in [4.69, 9.17) is 17.3 Å². The Morgan fingerprint density at radius 3 is 2.42 bits per heavy atom. The Hall–Kier alpha value is -2.97. The molecular formula is C23H22N2O4S2. The van der Waals surface area contributed by atoms with Crippen LogP contribution < -0.4 is 5.32 Å². The SMILES string of the molecule is CC(C(=O)NCCCC(=O)O)N1C(=O)/C(=C/c2ccc(-c3ccccc3)cc2)SC1=S. The van der Waals surface area contributed by atoms with E-state index in [0.29, 0.717) is 15.6 Å². The van der Waals surface area contributed by atoms with Gasteiger partial charge in [-0.15, -0.1) is 0 Å². The fourth-order valence-corrected chi connectivity index (χ4v) is 4.50. The van der Waals surface area contributed by atoms with Crippen LogP contribution in [-0.4, -0.2) is 44.7 Å². The summed E-state index contributed by atoms with van der Waals surface area (Å²) < 4.78 is 0.324. The van der Waals surface area contributed by atoms with Crippen molar-refractivity contribution in [1.29, 1.82) is 0 Å². The quantitative estimate of drug-likeness (QED) is 0.357. The molecule has 3 rings (SSSR count). The van der Waals surface area contributed by atoms with Crippen molar-refractivity contribution in [1.82, 2.24) is 10.2 Å². The third kappa shape index (κ3) is 5.80. The maximum atomic E-state index is 12.9. The van der Waals surface area contributed by atoms with Crippen LogP contribution >= 0.6 is 24.0 Å². The first-order valence-corrected chi connectivity index (χ1v) is 11.0. The Balaban J connectivity index is 1.65. The van der Waals surface area contributed by atoms with Crippen LogP contribution in [0.2, 0.25) is 0 Å². The number of thioether (sulfide) groups is 1. The zero-order chi connectivity index (χ0) is 22.4. The minimum Gasteiger partial charge on any atom is -0.481 e. The number of hydrogen-bond acceptors (Lipinski definition) is 5. The summed E-state index contributed by atoms with van der Waals surface area (Å²) in [7, 11) is 0. The van der Waals surface area contributed by atoms with E-state index in [9.17, 15) is 14.4 Å². The van der Waals surface area contributed by atoms with E-state index < -0.39 is 12.0 Å². The summed E-state index contributed by atoms with van der Waals surface area (Å²) in [4.78, 5) is 37.5. The Morgan fingerprint density at radius 2 is 1.77 bits per heavy atom. The molecule has 0 bridgehead atoms. The Morgan fingerprint density at radius 1 is 1.13 bits per heavy atom. The third-order valence-electron chi connectivity index (χ3n) is 4.77. The van der Waals surface area contributed by atoms with Crippen molar-refractivity contribution in [3.8, 4) is 11.1 Å². The molecule has 1 atom stereocenters. The maximum Gasteiger partial charge on any atom is 0.303 e. The Labute approximate surface area is 190 Å². The molecule has 2 amide bonds. The highest BCUT2D eigenvalue weighted by atomic mass is 32.2. The average Bonchev–Trinajstić information content (AvgIpc) is 3.04. The number of aliphatic carboxylic acids is 1. The maximum absolute atomic E-state index is 12.9. The molecule has 0 aliphatic carbocycles. The van der Waals surface area contributed by atoms with Crippen molar-refractivity contribution in [2.75, 3.05) is 6.54 Å². The molecule has 1 aliphatic heterocycles. The van der Waals surface area contributed by atoms with Crippen LogP contribution in [0.15, 0.2) is 59.5 Å². The van der Waals surface area contributed by atoms with Crippen LogP contribution in [0, 0.1) is 0 Å². The zero-order valence-corrected chi connectivity index (χ0v) is 18.5. The van der Waals surface area contributed by atoms with Crippen LogP contribution in [0.3, 0.4) is 0 Å². The van der Waals surface area contributed by atoms with E-state index in [-0.39, 0.29) is 24.8 Å². The molecule has 1 heterocycles. The summed E-state index contributed by atoms with van der Waals surface area (Å²) in [5.41, 5.74) is 3.06. The summed E-state index contributed by atoms with van der Waals surface area (Å²) >= 11 is 6.50. The van der Waals surface area contributed by atoms with E-state index in [1.54, 1.807) is 13.0 Å². The van der Waals surface area contributed by atoms with Crippen LogP contribution in [0.1, 0.15) is 25.3 Å². The van der Waals surface area contributed by atoms with Gasteiger partial charge in [-0.25, -0.2) is 0 Å². The van der Waals surface area contributed by atoms with E-state index in [1.807, 2.05) is 54.6 Å². The van der Waals surface area contributed by atoms with E-state index in [2.05, 4.69) is 5.32 Å². The normalized spacial score (nSPS) is 15.9. The fraction of sp³-hybridized carbons (Fsp3) is 0.217. The highest BCUT2D eigenvalue weighted by Gasteiger charge is 2.38. The van der Waals surface area contributed by atoms with Gasteiger partial charge < -0.3 is 10.4 Å². The summed E-state index contributed by atoms with van der Waals surface area (Å²) in [6.07, 6.45) is 2.07. The van der Waals surface area contributed by atoms with Crippen molar-refractivity contribution in [2.45, 2.75) is 25.8 Å². The summed E-state index contributed by atoms with van der Waals surface area (Å²) in [6.45, 7) is 1.84. The number of rotatable bonds is 8. The van der Waals surface area contributed by atoms with Gasteiger partial charge in [-0.2, -0.15) is 0 Å².